The summed E-state index contributed by atoms with van der Waals surface area (Å²) in [4.78, 5) is 26.7. The predicted octanol–water partition coefficient (Wildman–Crippen LogP) is 2.23. The number of anilines is 1. The Morgan fingerprint density at radius 2 is 1.75 bits per heavy atom. The maximum absolute atomic E-state index is 12.7. The first kappa shape index (κ1) is 11.9. The van der Waals surface area contributed by atoms with Crippen LogP contribution in [0.15, 0.2) is 24.3 Å². The van der Waals surface area contributed by atoms with E-state index >= 15 is 0 Å². The molecule has 2 amide bonds. The molecule has 0 aromatic heterocycles. The number of hydrogen-bond acceptors (Lipinski definition) is 3. The number of imide groups is 1. The van der Waals surface area contributed by atoms with Crippen molar-refractivity contribution in [1.82, 2.24) is 0 Å². The van der Waals surface area contributed by atoms with E-state index in [1.54, 1.807) is 19.2 Å². The highest BCUT2D eigenvalue weighted by atomic mass is 16.5. The molecule has 1 heterocycles. The quantitative estimate of drug-likeness (QED) is 0.775. The number of nitrogens with zero attached hydrogens (tertiary/aromatic N) is 1. The monoisotopic (exact) mass is 271 g/mol. The van der Waals surface area contributed by atoms with Gasteiger partial charge in [0, 0.05) is 6.07 Å². The van der Waals surface area contributed by atoms with Crippen molar-refractivity contribution in [3.05, 3.63) is 24.3 Å². The molecule has 20 heavy (non-hydrogen) atoms. The number of methoxy groups -OCH3 is 1. The first-order valence-corrected chi connectivity index (χ1v) is 7.22. The summed E-state index contributed by atoms with van der Waals surface area (Å²) in [6.07, 6.45) is 3.28. The number of fused-ring (bicyclic) bond motifs is 5. The molecule has 0 N–H and O–H groups in total. The van der Waals surface area contributed by atoms with E-state index in [4.69, 9.17) is 4.74 Å². The zero-order valence-corrected chi connectivity index (χ0v) is 11.4. The average Bonchev–Trinajstić information content (AvgIpc) is 3.13. The average molecular weight is 271 g/mol. The van der Waals surface area contributed by atoms with Crippen LogP contribution in [0.25, 0.3) is 0 Å². The van der Waals surface area contributed by atoms with E-state index in [0.29, 0.717) is 23.3 Å². The van der Waals surface area contributed by atoms with Crippen molar-refractivity contribution in [2.45, 2.75) is 19.3 Å². The molecule has 0 spiro atoms. The highest BCUT2D eigenvalue weighted by molar-refractivity contribution is 6.22. The molecule has 1 aromatic rings. The molecule has 3 aliphatic rings. The molecule has 1 aromatic carbocycles. The Hall–Kier alpha value is -1.84. The van der Waals surface area contributed by atoms with Gasteiger partial charge in [0.05, 0.1) is 24.6 Å². The molecule has 2 bridgehead atoms. The van der Waals surface area contributed by atoms with Crippen molar-refractivity contribution < 1.29 is 14.3 Å². The molecule has 4 rings (SSSR count). The van der Waals surface area contributed by atoms with Gasteiger partial charge in [-0.1, -0.05) is 6.07 Å². The Balaban J connectivity index is 1.73. The summed E-state index contributed by atoms with van der Waals surface area (Å²) in [7, 11) is 1.59. The van der Waals surface area contributed by atoms with Crippen molar-refractivity contribution in [1.29, 1.82) is 0 Å². The van der Waals surface area contributed by atoms with Crippen molar-refractivity contribution in [3.8, 4) is 5.75 Å². The van der Waals surface area contributed by atoms with Crippen LogP contribution in [-0.4, -0.2) is 18.9 Å². The first-order chi connectivity index (χ1) is 9.70. The number of hydrogen-bond donors (Lipinski definition) is 0. The van der Waals surface area contributed by atoms with E-state index < -0.39 is 0 Å². The third-order valence-corrected chi connectivity index (χ3v) is 5.24. The molecule has 1 saturated heterocycles. The maximum Gasteiger partial charge on any atom is 0.237 e. The minimum Gasteiger partial charge on any atom is -0.497 e. The van der Waals surface area contributed by atoms with Gasteiger partial charge in [0.25, 0.3) is 0 Å². The van der Waals surface area contributed by atoms with Crippen molar-refractivity contribution in [2.75, 3.05) is 12.0 Å². The van der Waals surface area contributed by atoms with Crippen molar-refractivity contribution in [3.63, 3.8) is 0 Å². The summed E-state index contributed by atoms with van der Waals surface area (Å²) >= 11 is 0. The van der Waals surface area contributed by atoms with Crippen LogP contribution in [0.3, 0.4) is 0 Å². The SMILES string of the molecule is COc1cccc(N2C(=O)[C@@H]3[C@@H]4CC[C@@H](C4)[C@@H]3C2=O)c1. The van der Waals surface area contributed by atoms with Gasteiger partial charge >= 0.3 is 0 Å². The van der Waals surface area contributed by atoms with Gasteiger partial charge in [0.2, 0.25) is 11.8 Å². The first-order valence-electron chi connectivity index (χ1n) is 7.22. The van der Waals surface area contributed by atoms with Crippen LogP contribution in [0.5, 0.6) is 5.75 Å². The summed E-state index contributed by atoms with van der Waals surface area (Å²) in [6.45, 7) is 0. The van der Waals surface area contributed by atoms with E-state index in [1.165, 1.54) is 4.90 Å². The third-order valence-electron chi connectivity index (χ3n) is 5.24. The number of carbonyl (C=O) groups excluding carboxylic acids is 2. The van der Waals surface area contributed by atoms with Gasteiger partial charge in [0.15, 0.2) is 0 Å². The van der Waals surface area contributed by atoms with Crippen LogP contribution in [-0.2, 0) is 9.59 Å². The number of ether oxygens (including phenoxy) is 1. The van der Waals surface area contributed by atoms with Gasteiger partial charge < -0.3 is 4.74 Å². The standard InChI is InChI=1S/C16H17NO3/c1-20-12-4-2-3-11(8-12)17-15(18)13-9-5-6-10(7-9)14(13)16(17)19/h2-4,8-10,13-14H,5-7H2,1H3/t9-,10+,13-,14+. The van der Waals surface area contributed by atoms with Crippen LogP contribution in [0.2, 0.25) is 0 Å². The zero-order valence-electron chi connectivity index (χ0n) is 11.4. The van der Waals surface area contributed by atoms with Gasteiger partial charge in [-0.3, -0.25) is 9.59 Å². The topological polar surface area (TPSA) is 46.6 Å². The predicted molar refractivity (Wildman–Crippen MR) is 73.3 cm³/mol. The fraction of sp³-hybridized carbons (Fsp3) is 0.500. The van der Waals surface area contributed by atoms with Gasteiger partial charge in [-0.2, -0.15) is 0 Å². The second-order valence-electron chi connectivity index (χ2n) is 6.10. The lowest BCUT2D eigenvalue weighted by molar-refractivity contribution is -0.123. The molecule has 4 heteroatoms. The summed E-state index contributed by atoms with van der Waals surface area (Å²) in [5.74, 6) is 1.40. The van der Waals surface area contributed by atoms with Crippen molar-refractivity contribution >= 4 is 17.5 Å². The molecular weight excluding hydrogens is 254 g/mol. The lowest BCUT2D eigenvalue weighted by atomic mass is 9.81. The fourth-order valence-electron chi connectivity index (χ4n) is 4.41. The molecule has 3 fully saturated rings. The van der Waals surface area contributed by atoms with Crippen LogP contribution in [0, 0.1) is 23.7 Å². The Kier molecular flexibility index (Phi) is 2.43. The number of amides is 2. The van der Waals surface area contributed by atoms with E-state index in [-0.39, 0.29) is 23.7 Å². The molecule has 0 unspecified atom stereocenters. The molecule has 0 radical (unpaired) electrons. The number of rotatable bonds is 2. The normalized spacial score (nSPS) is 34.8. The Labute approximate surface area is 117 Å². The smallest absolute Gasteiger partial charge is 0.237 e. The molecule has 2 saturated carbocycles. The minimum absolute atomic E-state index is 0.000420. The lowest BCUT2D eigenvalue weighted by Gasteiger charge is -2.19. The van der Waals surface area contributed by atoms with Crippen molar-refractivity contribution in [2.24, 2.45) is 23.7 Å². The van der Waals surface area contributed by atoms with Gasteiger partial charge in [-0.15, -0.1) is 0 Å². The summed E-state index contributed by atoms with van der Waals surface area (Å²) < 4.78 is 5.18. The molecule has 104 valence electrons. The fourth-order valence-corrected chi connectivity index (χ4v) is 4.41. The highest BCUT2D eigenvalue weighted by Gasteiger charge is 2.61. The lowest BCUT2D eigenvalue weighted by Crippen LogP contribution is -2.32. The summed E-state index contributed by atoms with van der Waals surface area (Å²) in [5.41, 5.74) is 0.646. The van der Waals surface area contributed by atoms with Gasteiger partial charge in [0.1, 0.15) is 5.75 Å². The van der Waals surface area contributed by atoms with E-state index in [0.717, 1.165) is 19.3 Å². The van der Waals surface area contributed by atoms with Crippen LogP contribution in [0.1, 0.15) is 19.3 Å². The van der Waals surface area contributed by atoms with Gasteiger partial charge in [-0.05, 0) is 43.2 Å². The van der Waals surface area contributed by atoms with Crippen LogP contribution >= 0.6 is 0 Å². The summed E-state index contributed by atoms with van der Waals surface area (Å²) in [6, 6.07) is 7.20. The Bertz CT molecular complexity index is 569. The maximum atomic E-state index is 12.7. The van der Waals surface area contributed by atoms with Gasteiger partial charge in [-0.25, -0.2) is 4.90 Å². The zero-order chi connectivity index (χ0) is 13.9. The molecule has 2 aliphatic carbocycles. The second kappa shape index (κ2) is 4.08. The number of benzene rings is 1. The third kappa shape index (κ3) is 1.42. The minimum atomic E-state index is -0.0625. The Morgan fingerprint density at radius 3 is 2.35 bits per heavy atom. The molecule has 4 atom stereocenters. The van der Waals surface area contributed by atoms with E-state index in [2.05, 4.69) is 0 Å². The molecular formula is C16H17NO3. The Morgan fingerprint density at radius 1 is 1.10 bits per heavy atom. The van der Waals surface area contributed by atoms with Crippen LogP contribution < -0.4 is 9.64 Å². The van der Waals surface area contributed by atoms with Crippen LogP contribution in [0.4, 0.5) is 5.69 Å². The highest BCUT2D eigenvalue weighted by Crippen LogP contribution is 2.56. The second-order valence-corrected chi connectivity index (χ2v) is 6.10. The molecule has 4 nitrogen and oxygen atoms in total. The summed E-state index contributed by atoms with van der Waals surface area (Å²) in [5, 5.41) is 0. The van der Waals surface area contributed by atoms with E-state index in [9.17, 15) is 9.59 Å². The number of carbonyl (C=O) groups is 2. The largest absolute Gasteiger partial charge is 0.497 e. The van der Waals surface area contributed by atoms with E-state index in [1.807, 2.05) is 12.1 Å². The molecule has 1 aliphatic heterocycles.